The standard InChI is InChI=1S/C15H19N3O2S/c1-2-11-9-12(18(19)20)5-6-13(11)16-14-17-15(10-21-14)7-3-4-8-15/h5-6,9H,2-4,7-8,10H2,1H3,(H,16,17). The molecular weight excluding hydrogens is 286 g/mol. The van der Waals surface area contributed by atoms with Crippen molar-refractivity contribution in [2.24, 2.45) is 4.99 Å². The molecule has 1 spiro atoms. The van der Waals surface area contributed by atoms with Gasteiger partial charge in [0.05, 0.1) is 10.5 Å². The number of anilines is 1. The summed E-state index contributed by atoms with van der Waals surface area (Å²) in [5.74, 6) is 1.06. The summed E-state index contributed by atoms with van der Waals surface area (Å²) in [6.07, 6.45) is 5.68. The molecule has 1 aromatic carbocycles. The predicted molar refractivity (Wildman–Crippen MR) is 87.2 cm³/mol. The van der Waals surface area contributed by atoms with Crippen LogP contribution in [-0.2, 0) is 6.42 Å². The molecule has 0 radical (unpaired) electrons. The number of amidine groups is 1. The summed E-state index contributed by atoms with van der Waals surface area (Å²) in [7, 11) is 0. The van der Waals surface area contributed by atoms with Gasteiger partial charge in [0, 0.05) is 23.6 Å². The molecule has 1 fully saturated rings. The molecule has 21 heavy (non-hydrogen) atoms. The molecule has 0 amide bonds. The van der Waals surface area contributed by atoms with E-state index in [1.54, 1.807) is 30.0 Å². The molecule has 1 saturated carbocycles. The molecule has 0 atom stereocenters. The molecule has 112 valence electrons. The lowest BCUT2D eigenvalue weighted by atomic mass is 10.0. The number of hydrogen-bond acceptors (Lipinski definition) is 5. The van der Waals surface area contributed by atoms with E-state index in [9.17, 15) is 10.1 Å². The van der Waals surface area contributed by atoms with Gasteiger partial charge in [0.15, 0.2) is 5.17 Å². The number of nitro benzene ring substituents is 1. The molecule has 0 unspecified atom stereocenters. The number of nitro groups is 1. The Bertz CT molecular complexity index is 595. The van der Waals surface area contributed by atoms with E-state index in [0.29, 0.717) is 0 Å². The van der Waals surface area contributed by atoms with E-state index in [1.807, 2.05) is 6.92 Å². The lowest BCUT2D eigenvalue weighted by Crippen LogP contribution is -2.21. The van der Waals surface area contributed by atoms with E-state index in [1.165, 1.54) is 25.7 Å². The lowest BCUT2D eigenvalue weighted by Gasteiger charge is -2.16. The smallest absolute Gasteiger partial charge is 0.269 e. The van der Waals surface area contributed by atoms with Gasteiger partial charge < -0.3 is 5.32 Å². The van der Waals surface area contributed by atoms with Gasteiger partial charge in [-0.25, -0.2) is 0 Å². The topological polar surface area (TPSA) is 67.5 Å². The quantitative estimate of drug-likeness (QED) is 0.677. The number of nitrogens with one attached hydrogen (secondary N) is 1. The third-order valence-corrected chi connectivity index (χ3v) is 5.42. The third kappa shape index (κ3) is 2.90. The largest absolute Gasteiger partial charge is 0.335 e. The van der Waals surface area contributed by atoms with Crippen molar-refractivity contribution < 1.29 is 4.92 Å². The number of non-ortho nitro benzene ring substituents is 1. The number of thioether (sulfide) groups is 1. The predicted octanol–water partition coefficient (Wildman–Crippen LogP) is 3.98. The van der Waals surface area contributed by atoms with Crippen molar-refractivity contribution in [2.75, 3.05) is 11.1 Å². The summed E-state index contributed by atoms with van der Waals surface area (Å²) in [6, 6.07) is 4.99. The molecule has 5 nitrogen and oxygen atoms in total. The fraction of sp³-hybridized carbons (Fsp3) is 0.533. The van der Waals surface area contributed by atoms with E-state index in [4.69, 9.17) is 4.99 Å². The Labute approximate surface area is 128 Å². The van der Waals surface area contributed by atoms with Gasteiger partial charge in [-0.15, -0.1) is 0 Å². The maximum absolute atomic E-state index is 10.9. The number of benzene rings is 1. The normalized spacial score (nSPS) is 19.8. The van der Waals surface area contributed by atoms with E-state index < -0.39 is 0 Å². The first kappa shape index (κ1) is 14.4. The molecule has 1 aromatic rings. The van der Waals surface area contributed by atoms with Crippen molar-refractivity contribution in [3.63, 3.8) is 0 Å². The molecule has 1 N–H and O–H groups in total. The molecule has 3 rings (SSSR count). The average Bonchev–Trinajstić information content (AvgIpc) is 3.10. The summed E-state index contributed by atoms with van der Waals surface area (Å²) >= 11 is 1.77. The Balaban J connectivity index is 1.80. The zero-order chi connectivity index (χ0) is 14.9. The monoisotopic (exact) mass is 305 g/mol. The van der Waals surface area contributed by atoms with Crippen LogP contribution < -0.4 is 5.32 Å². The van der Waals surface area contributed by atoms with Crippen LogP contribution in [0.2, 0.25) is 0 Å². The Morgan fingerprint density at radius 1 is 1.43 bits per heavy atom. The van der Waals surface area contributed by atoms with Crippen LogP contribution in [0.4, 0.5) is 11.4 Å². The highest BCUT2D eigenvalue weighted by molar-refractivity contribution is 8.14. The molecule has 1 aliphatic heterocycles. The molecule has 0 saturated heterocycles. The summed E-state index contributed by atoms with van der Waals surface area (Å²) in [5.41, 5.74) is 2.19. The van der Waals surface area contributed by atoms with Crippen LogP contribution in [0.15, 0.2) is 23.2 Å². The summed E-state index contributed by atoms with van der Waals surface area (Å²) < 4.78 is 0. The van der Waals surface area contributed by atoms with Crippen molar-refractivity contribution in [3.05, 3.63) is 33.9 Å². The van der Waals surface area contributed by atoms with Crippen molar-refractivity contribution in [1.29, 1.82) is 0 Å². The fourth-order valence-electron chi connectivity index (χ4n) is 3.06. The van der Waals surface area contributed by atoms with Crippen LogP contribution in [0.3, 0.4) is 0 Å². The van der Waals surface area contributed by atoms with Crippen molar-refractivity contribution >= 4 is 28.3 Å². The number of nitrogens with zero attached hydrogens (tertiary/aromatic N) is 2. The zero-order valence-electron chi connectivity index (χ0n) is 12.1. The summed E-state index contributed by atoms with van der Waals surface area (Å²) in [6.45, 7) is 2.01. The van der Waals surface area contributed by atoms with Gasteiger partial charge in [0.25, 0.3) is 5.69 Å². The second kappa shape index (κ2) is 5.67. The van der Waals surface area contributed by atoms with Crippen LogP contribution >= 0.6 is 11.8 Å². The second-order valence-corrected chi connectivity index (χ2v) is 6.68. The van der Waals surface area contributed by atoms with Crippen LogP contribution in [-0.4, -0.2) is 21.4 Å². The summed E-state index contributed by atoms with van der Waals surface area (Å²) in [4.78, 5) is 15.4. The molecule has 1 aliphatic carbocycles. The third-order valence-electron chi connectivity index (χ3n) is 4.27. The number of aliphatic imine (C=N–C) groups is 1. The number of aryl methyl sites for hydroxylation is 1. The van der Waals surface area contributed by atoms with Gasteiger partial charge in [0.2, 0.25) is 0 Å². The maximum atomic E-state index is 10.9. The molecule has 1 heterocycles. The highest BCUT2D eigenvalue weighted by Gasteiger charge is 2.38. The second-order valence-electron chi connectivity index (χ2n) is 5.71. The SMILES string of the molecule is CCc1cc([N+](=O)[O-])ccc1NC1=NC2(CCCC2)CS1. The fourth-order valence-corrected chi connectivity index (χ4v) is 4.26. The van der Waals surface area contributed by atoms with Gasteiger partial charge in [-0.05, 0) is 30.9 Å². The lowest BCUT2D eigenvalue weighted by molar-refractivity contribution is -0.384. The minimum atomic E-state index is -0.349. The van der Waals surface area contributed by atoms with Gasteiger partial charge in [-0.3, -0.25) is 15.1 Å². The Kier molecular flexibility index (Phi) is 3.89. The van der Waals surface area contributed by atoms with Crippen molar-refractivity contribution in [2.45, 2.75) is 44.6 Å². The molecule has 6 heteroatoms. The van der Waals surface area contributed by atoms with Crippen LogP contribution in [0.1, 0.15) is 38.2 Å². The van der Waals surface area contributed by atoms with Crippen LogP contribution in [0.25, 0.3) is 0 Å². The molecule has 0 aromatic heterocycles. The number of rotatable bonds is 3. The first-order valence-corrected chi connectivity index (χ1v) is 8.37. The van der Waals surface area contributed by atoms with E-state index in [-0.39, 0.29) is 16.1 Å². The van der Waals surface area contributed by atoms with Crippen LogP contribution in [0.5, 0.6) is 0 Å². The highest BCUT2D eigenvalue weighted by atomic mass is 32.2. The molecule has 2 aliphatic rings. The average molecular weight is 305 g/mol. The zero-order valence-corrected chi connectivity index (χ0v) is 12.9. The van der Waals surface area contributed by atoms with Crippen molar-refractivity contribution in [1.82, 2.24) is 0 Å². The van der Waals surface area contributed by atoms with E-state index >= 15 is 0 Å². The molecule has 0 bridgehead atoms. The first-order valence-electron chi connectivity index (χ1n) is 7.39. The van der Waals surface area contributed by atoms with Gasteiger partial charge >= 0.3 is 0 Å². The Morgan fingerprint density at radius 2 is 2.19 bits per heavy atom. The Hall–Kier alpha value is -1.56. The summed E-state index contributed by atoms with van der Waals surface area (Å²) in [5, 5.41) is 15.2. The first-order chi connectivity index (χ1) is 10.1. The van der Waals surface area contributed by atoms with Crippen molar-refractivity contribution in [3.8, 4) is 0 Å². The maximum Gasteiger partial charge on any atom is 0.269 e. The minimum absolute atomic E-state index is 0.144. The van der Waals surface area contributed by atoms with E-state index in [2.05, 4.69) is 5.32 Å². The van der Waals surface area contributed by atoms with E-state index in [0.717, 1.165) is 28.6 Å². The highest BCUT2D eigenvalue weighted by Crippen LogP contribution is 2.41. The van der Waals surface area contributed by atoms with Gasteiger partial charge in [-0.2, -0.15) is 0 Å². The Morgan fingerprint density at radius 3 is 2.86 bits per heavy atom. The van der Waals surface area contributed by atoms with Gasteiger partial charge in [0.1, 0.15) is 0 Å². The molecular formula is C15H19N3O2S. The van der Waals surface area contributed by atoms with Crippen LogP contribution in [0, 0.1) is 10.1 Å². The van der Waals surface area contributed by atoms with Gasteiger partial charge in [-0.1, -0.05) is 31.5 Å². The minimum Gasteiger partial charge on any atom is -0.335 e. The number of hydrogen-bond donors (Lipinski definition) is 1.